The van der Waals surface area contributed by atoms with Gasteiger partial charge in [0.1, 0.15) is 0 Å². The molecule has 1 N–H and O–H groups in total. The highest BCUT2D eigenvalue weighted by Gasteiger charge is 2.32. The van der Waals surface area contributed by atoms with Crippen molar-refractivity contribution < 1.29 is 4.79 Å². The molecule has 1 aliphatic rings. The van der Waals surface area contributed by atoms with Crippen molar-refractivity contribution in [2.24, 2.45) is 11.3 Å². The first-order valence-corrected chi connectivity index (χ1v) is 5.81. The largest absolute Gasteiger partial charge is 0.341 e. The molecule has 1 saturated heterocycles. The number of carbonyl (C=O) groups is 1. The van der Waals surface area contributed by atoms with Crippen molar-refractivity contribution in [3.05, 3.63) is 0 Å². The van der Waals surface area contributed by atoms with Crippen molar-refractivity contribution in [1.82, 2.24) is 10.2 Å². The zero-order valence-corrected chi connectivity index (χ0v) is 10.6. The van der Waals surface area contributed by atoms with Gasteiger partial charge in [0.05, 0.1) is 0 Å². The third kappa shape index (κ3) is 2.94. The summed E-state index contributed by atoms with van der Waals surface area (Å²) in [6.07, 6.45) is 1.08. The Hall–Kier alpha value is -0.570. The van der Waals surface area contributed by atoms with Crippen LogP contribution in [0, 0.1) is 11.3 Å². The number of likely N-dealkylation sites (N-methyl/N-ethyl adjacent to an activating group) is 1. The maximum absolute atomic E-state index is 12.2. The van der Waals surface area contributed by atoms with Crippen LogP contribution in [0.3, 0.4) is 0 Å². The Balaban J connectivity index is 2.59. The first-order valence-electron chi connectivity index (χ1n) is 5.81. The topological polar surface area (TPSA) is 32.3 Å². The molecule has 0 aromatic carbocycles. The molecule has 2 unspecified atom stereocenters. The lowest BCUT2D eigenvalue weighted by atomic mass is 9.81. The second-order valence-electron chi connectivity index (χ2n) is 5.68. The number of rotatable bonds is 2. The third-order valence-electron chi connectivity index (χ3n) is 3.60. The van der Waals surface area contributed by atoms with E-state index in [2.05, 4.69) is 26.1 Å². The summed E-state index contributed by atoms with van der Waals surface area (Å²) >= 11 is 0. The quantitative estimate of drug-likeness (QED) is 0.752. The summed E-state index contributed by atoms with van der Waals surface area (Å²) in [5.74, 6) is 0.360. The molecule has 0 aromatic heterocycles. The van der Waals surface area contributed by atoms with Gasteiger partial charge < -0.3 is 10.2 Å². The molecule has 0 bridgehead atoms. The highest BCUT2D eigenvalue weighted by Crippen LogP contribution is 2.27. The molecule has 3 nitrogen and oxygen atoms in total. The van der Waals surface area contributed by atoms with E-state index < -0.39 is 0 Å². The highest BCUT2D eigenvalue weighted by atomic mass is 16.2. The van der Waals surface area contributed by atoms with Gasteiger partial charge >= 0.3 is 0 Å². The van der Waals surface area contributed by atoms with Gasteiger partial charge in [-0.2, -0.15) is 0 Å². The summed E-state index contributed by atoms with van der Waals surface area (Å²) in [4.78, 5) is 14.1. The molecule has 0 saturated carbocycles. The number of nitrogens with zero attached hydrogens (tertiary/aromatic N) is 1. The number of nitrogens with one attached hydrogen (secondary N) is 1. The van der Waals surface area contributed by atoms with E-state index >= 15 is 0 Å². The predicted molar refractivity (Wildman–Crippen MR) is 62.7 cm³/mol. The number of amides is 1. The van der Waals surface area contributed by atoms with Crippen molar-refractivity contribution in [2.75, 3.05) is 20.1 Å². The molecule has 0 aromatic rings. The fourth-order valence-corrected chi connectivity index (χ4v) is 1.83. The van der Waals surface area contributed by atoms with Gasteiger partial charge in [0.25, 0.3) is 0 Å². The molecule has 1 rings (SSSR count). The zero-order chi connectivity index (χ0) is 11.6. The van der Waals surface area contributed by atoms with Gasteiger partial charge in [0.15, 0.2) is 0 Å². The molecule has 88 valence electrons. The van der Waals surface area contributed by atoms with Crippen molar-refractivity contribution in [2.45, 2.75) is 40.2 Å². The summed E-state index contributed by atoms with van der Waals surface area (Å²) in [7, 11) is 1.93. The molecule has 0 aliphatic carbocycles. The second kappa shape index (κ2) is 4.52. The Labute approximate surface area is 93.2 Å². The minimum atomic E-state index is 0.0530. The molecular weight excluding hydrogens is 188 g/mol. The van der Waals surface area contributed by atoms with E-state index in [-0.39, 0.29) is 17.2 Å². The van der Waals surface area contributed by atoms with Crippen LogP contribution in [0.25, 0.3) is 0 Å². The minimum absolute atomic E-state index is 0.0530. The Morgan fingerprint density at radius 3 is 2.47 bits per heavy atom. The Kier molecular flexibility index (Phi) is 3.77. The zero-order valence-electron chi connectivity index (χ0n) is 10.6. The Bertz CT molecular complexity index is 226. The molecule has 0 spiro atoms. The van der Waals surface area contributed by atoms with Crippen LogP contribution in [-0.2, 0) is 4.79 Å². The SMILES string of the molecule is CC(C(=O)N(C)C1CCNC1)C(C)(C)C. The van der Waals surface area contributed by atoms with E-state index in [1.54, 1.807) is 0 Å². The van der Waals surface area contributed by atoms with Crippen LogP contribution in [0.2, 0.25) is 0 Å². The van der Waals surface area contributed by atoms with Crippen molar-refractivity contribution in [3.8, 4) is 0 Å². The first kappa shape index (κ1) is 12.5. The highest BCUT2D eigenvalue weighted by molar-refractivity contribution is 5.79. The predicted octanol–water partition coefficient (Wildman–Crippen LogP) is 1.49. The van der Waals surface area contributed by atoms with E-state index in [4.69, 9.17) is 0 Å². The van der Waals surface area contributed by atoms with E-state index in [9.17, 15) is 4.79 Å². The first-order chi connectivity index (χ1) is 6.84. The summed E-state index contributed by atoms with van der Waals surface area (Å²) in [6.45, 7) is 10.4. The smallest absolute Gasteiger partial charge is 0.225 e. The lowest BCUT2D eigenvalue weighted by Gasteiger charge is -2.33. The van der Waals surface area contributed by atoms with Crippen LogP contribution < -0.4 is 5.32 Å². The van der Waals surface area contributed by atoms with Crippen LogP contribution in [-0.4, -0.2) is 37.0 Å². The lowest BCUT2D eigenvalue weighted by Crippen LogP contribution is -2.44. The molecule has 2 atom stereocenters. The van der Waals surface area contributed by atoms with Crippen LogP contribution in [0.4, 0.5) is 0 Å². The van der Waals surface area contributed by atoms with Crippen LogP contribution in [0.1, 0.15) is 34.1 Å². The van der Waals surface area contributed by atoms with Crippen LogP contribution in [0.5, 0.6) is 0 Å². The molecular formula is C12H24N2O. The molecule has 1 heterocycles. The van der Waals surface area contributed by atoms with Crippen LogP contribution in [0.15, 0.2) is 0 Å². The molecule has 15 heavy (non-hydrogen) atoms. The van der Waals surface area contributed by atoms with Gasteiger partial charge in [-0.1, -0.05) is 27.7 Å². The standard InChI is InChI=1S/C12H24N2O/c1-9(12(2,3)4)11(15)14(5)10-6-7-13-8-10/h9-10,13H,6-8H2,1-5H3. The monoisotopic (exact) mass is 212 g/mol. The van der Waals surface area contributed by atoms with Gasteiger partial charge in [-0.15, -0.1) is 0 Å². The summed E-state index contributed by atoms with van der Waals surface area (Å²) in [5, 5.41) is 3.29. The van der Waals surface area contributed by atoms with Crippen LogP contribution >= 0.6 is 0 Å². The molecule has 1 aliphatic heterocycles. The van der Waals surface area contributed by atoms with E-state index in [1.165, 1.54) is 0 Å². The van der Waals surface area contributed by atoms with Crippen molar-refractivity contribution >= 4 is 5.91 Å². The molecule has 1 fully saturated rings. The summed E-state index contributed by atoms with van der Waals surface area (Å²) in [6, 6.07) is 0.391. The van der Waals surface area contributed by atoms with Gasteiger partial charge in [-0.3, -0.25) is 4.79 Å². The van der Waals surface area contributed by atoms with Gasteiger partial charge in [0.2, 0.25) is 5.91 Å². The number of hydrogen-bond donors (Lipinski definition) is 1. The fourth-order valence-electron chi connectivity index (χ4n) is 1.83. The van der Waals surface area contributed by atoms with Gasteiger partial charge in [0, 0.05) is 25.6 Å². The third-order valence-corrected chi connectivity index (χ3v) is 3.60. The van der Waals surface area contributed by atoms with E-state index in [1.807, 2.05) is 18.9 Å². The normalized spacial score (nSPS) is 23.9. The molecule has 3 heteroatoms. The molecule has 1 amide bonds. The van der Waals surface area contributed by atoms with E-state index in [0.29, 0.717) is 6.04 Å². The fraction of sp³-hybridized carbons (Fsp3) is 0.917. The average molecular weight is 212 g/mol. The number of carbonyl (C=O) groups excluding carboxylic acids is 1. The Morgan fingerprint density at radius 1 is 1.47 bits per heavy atom. The van der Waals surface area contributed by atoms with Crippen molar-refractivity contribution in [3.63, 3.8) is 0 Å². The summed E-state index contributed by atoms with van der Waals surface area (Å²) < 4.78 is 0. The van der Waals surface area contributed by atoms with E-state index in [0.717, 1.165) is 19.5 Å². The van der Waals surface area contributed by atoms with Gasteiger partial charge in [-0.05, 0) is 18.4 Å². The van der Waals surface area contributed by atoms with Crippen molar-refractivity contribution in [1.29, 1.82) is 0 Å². The maximum atomic E-state index is 12.2. The minimum Gasteiger partial charge on any atom is -0.341 e. The molecule has 0 radical (unpaired) electrons. The maximum Gasteiger partial charge on any atom is 0.225 e. The number of hydrogen-bond acceptors (Lipinski definition) is 2. The lowest BCUT2D eigenvalue weighted by molar-refractivity contribution is -0.138. The summed E-state index contributed by atoms with van der Waals surface area (Å²) in [5.41, 5.74) is 0.0530. The van der Waals surface area contributed by atoms with Gasteiger partial charge in [-0.25, -0.2) is 0 Å². The second-order valence-corrected chi connectivity index (χ2v) is 5.68. The Morgan fingerprint density at radius 2 is 2.07 bits per heavy atom. The average Bonchev–Trinajstić information content (AvgIpc) is 2.65.